The summed E-state index contributed by atoms with van der Waals surface area (Å²) in [5, 5.41) is 6.11. The molecule has 1 amide bonds. The number of amides is 1. The van der Waals surface area contributed by atoms with Crippen LogP contribution in [0.25, 0.3) is 0 Å². The van der Waals surface area contributed by atoms with E-state index in [1.54, 1.807) is 25.4 Å². The minimum Gasteiger partial charge on any atom is -0.560 e. The Morgan fingerprint density at radius 1 is 1.30 bits per heavy atom. The molecule has 7 heteroatoms. The summed E-state index contributed by atoms with van der Waals surface area (Å²) in [7, 11) is 3.57. The number of hydrogen-bond acceptors (Lipinski definition) is 4. The molecule has 1 unspecified atom stereocenters. The van der Waals surface area contributed by atoms with Crippen LogP contribution in [-0.2, 0) is 0 Å². The van der Waals surface area contributed by atoms with E-state index in [0.717, 1.165) is 28.3 Å². The maximum atomic E-state index is 12.6. The topological polar surface area (TPSA) is 65.7 Å². The zero-order chi connectivity index (χ0) is 20.8. The molecule has 0 saturated heterocycles. The molecule has 1 aliphatic rings. The maximum absolute atomic E-state index is 12.6. The van der Waals surface area contributed by atoms with Gasteiger partial charge in [0.2, 0.25) is 0 Å². The number of rotatable bonds is 7. The average Bonchev–Trinajstić information content (AvgIpc) is 2.69. The number of anilines is 1. The summed E-state index contributed by atoms with van der Waals surface area (Å²) >= 11 is 0. The van der Waals surface area contributed by atoms with Crippen molar-refractivity contribution in [1.82, 2.24) is 5.32 Å². The third-order valence-electron chi connectivity index (χ3n) is 4.55. The first-order chi connectivity index (χ1) is 14.0. The molecule has 0 aromatic heterocycles. The molecule has 0 radical (unpaired) electrons. The van der Waals surface area contributed by atoms with Gasteiger partial charge in [-0.3, -0.25) is 4.79 Å². The maximum Gasteiger partial charge on any atom is 1.00 e. The van der Waals surface area contributed by atoms with Gasteiger partial charge in [-0.25, -0.2) is 0 Å². The van der Waals surface area contributed by atoms with Crippen molar-refractivity contribution in [1.29, 1.82) is 0 Å². The number of methoxy groups -OCH3 is 1. The van der Waals surface area contributed by atoms with Crippen LogP contribution in [0.1, 0.15) is 34.5 Å². The Morgan fingerprint density at radius 2 is 2.07 bits per heavy atom. The number of nitrogens with zero attached hydrogens (tertiary/aromatic N) is 2. The van der Waals surface area contributed by atoms with E-state index in [-0.39, 0.29) is 63.3 Å². The molecule has 30 heavy (non-hydrogen) atoms. The molecule has 2 aromatic carbocycles. The fraction of sp³-hybridized carbons (Fsp3) is 0.217. The number of benzene rings is 2. The van der Waals surface area contributed by atoms with Gasteiger partial charge in [-0.2, -0.15) is 0 Å². The molecule has 1 heterocycles. The van der Waals surface area contributed by atoms with Gasteiger partial charge in [0.15, 0.2) is 0 Å². The van der Waals surface area contributed by atoms with Crippen LogP contribution in [0.15, 0.2) is 53.7 Å². The molecule has 0 bridgehead atoms. The Bertz CT molecular complexity index is 998. The van der Waals surface area contributed by atoms with Gasteiger partial charge in [0.25, 0.3) is 5.91 Å². The first-order valence-corrected chi connectivity index (χ1v) is 9.34. The van der Waals surface area contributed by atoms with E-state index in [1.165, 1.54) is 0 Å². The molecule has 1 atom stereocenters. The predicted octanol–water partition coefficient (Wildman–Crippen LogP) is 0.514. The Balaban J connectivity index is 0.00000320. The first kappa shape index (κ1) is 24.4. The molecule has 0 fully saturated rings. The van der Waals surface area contributed by atoms with Gasteiger partial charge in [0.1, 0.15) is 12.8 Å². The van der Waals surface area contributed by atoms with Crippen molar-refractivity contribution in [2.75, 3.05) is 19.5 Å². The summed E-state index contributed by atoms with van der Waals surface area (Å²) in [6.45, 7) is 5.87. The van der Waals surface area contributed by atoms with Crippen molar-refractivity contribution in [3.63, 3.8) is 0 Å². The van der Waals surface area contributed by atoms with Crippen LogP contribution in [0, 0.1) is 19.7 Å². The molecular weight excluding hydrogens is 403 g/mol. The quantitative estimate of drug-likeness (QED) is 0.292. The van der Waals surface area contributed by atoms with E-state index in [0.29, 0.717) is 5.56 Å². The fourth-order valence-corrected chi connectivity index (χ4v) is 2.93. The van der Waals surface area contributed by atoms with Gasteiger partial charge >= 0.3 is 51.4 Å². The standard InChI is InChI=1S/C23H25N4O2.K/c1-16-12-19(8-9-22(16)29-4)23(28)26-20-7-5-6-18(13-20)17(2)24-10-11-25-21-14-27(3)15-21;/h5-9,11-15,17,24H,1-4H3,(H,26,28);/q-1;+1. The number of nitrogens with one attached hydrogen (secondary N) is 2. The van der Waals surface area contributed by atoms with Crippen LogP contribution in [-0.4, -0.2) is 36.6 Å². The van der Waals surface area contributed by atoms with Gasteiger partial charge in [-0.05, 0) is 55.3 Å². The van der Waals surface area contributed by atoms with Gasteiger partial charge in [-0.15, -0.1) is 6.20 Å². The van der Waals surface area contributed by atoms with E-state index in [9.17, 15) is 4.79 Å². The van der Waals surface area contributed by atoms with Crippen LogP contribution < -0.4 is 66.8 Å². The third kappa shape index (κ3) is 6.55. The molecular formula is C23H25KN4O2. The van der Waals surface area contributed by atoms with Crippen molar-refractivity contribution >= 4 is 23.5 Å². The molecule has 2 aromatic rings. The molecule has 1 aliphatic heterocycles. The smallest absolute Gasteiger partial charge is 0.560 e. The minimum absolute atomic E-state index is 0. The second-order valence-corrected chi connectivity index (χ2v) is 6.88. The van der Waals surface area contributed by atoms with E-state index in [4.69, 9.17) is 4.74 Å². The molecule has 0 spiro atoms. The number of aryl methyl sites for hydroxylation is 1. The summed E-state index contributed by atoms with van der Waals surface area (Å²) in [4.78, 5) is 16.8. The average molecular weight is 429 g/mol. The molecule has 2 N–H and O–H groups in total. The molecule has 150 valence electrons. The second-order valence-electron chi connectivity index (χ2n) is 6.88. The Kier molecular flexibility index (Phi) is 9.32. The molecule has 3 rings (SSSR count). The summed E-state index contributed by atoms with van der Waals surface area (Å²) in [6, 6.07) is 13.1. The number of ether oxygens (including phenoxy) is 1. The normalized spacial score (nSPS) is 14.8. The van der Waals surface area contributed by atoms with E-state index in [2.05, 4.69) is 21.8 Å². The monoisotopic (exact) mass is 428 g/mol. The van der Waals surface area contributed by atoms with Crippen molar-refractivity contribution in [2.45, 2.75) is 19.9 Å². The second kappa shape index (κ2) is 11.5. The predicted molar refractivity (Wildman–Crippen MR) is 115 cm³/mol. The summed E-state index contributed by atoms with van der Waals surface area (Å²) in [5.41, 5.74) is 4.18. The minimum atomic E-state index is -0.159. The van der Waals surface area contributed by atoms with Gasteiger partial charge in [0.05, 0.1) is 25.6 Å². The van der Waals surface area contributed by atoms with Crippen LogP contribution in [0.2, 0.25) is 0 Å². The van der Waals surface area contributed by atoms with Gasteiger partial charge < -0.3 is 31.1 Å². The first-order valence-electron chi connectivity index (χ1n) is 9.34. The van der Waals surface area contributed by atoms with Crippen LogP contribution >= 0.6 is 0 Å². The summed E-state index contributed by atoms with van der Waals surface area (Å²) in [5.74, 6) is 0.603. The zero-order valence-corrected chi connectivity index (χ0v) is 21.2. The summed E-state index contributed by atoms with van der Waals surface area (Å²) < 4.78 is 7.19. The van der Waals surface area contributed by atoms with Gasteiger partial charge in [-0.1, -0.05) is 12.1 Å². The van der Waals surface area contributed by atoms with Gasteiger partial charge in [0, 0.05) is 17.3 Å². The van der Waals surface area contributed by atoms with E-state index < -0.39 is 0 Å². The number of carbonyl (C=O) groups excluding carboxylic acids is 1. The third-order valence-corrected chi connectivity index (χ3v) is 4.55. The zero-order valence-electron chi connectivity index (χ0n) is 18.1. The Morgan fingerprint density at radius 3 is 2.73 bits per heavy atom. The van der Waals surface area contributed by atoms with Crippen LogP contribution in [0.5, 0.6) is 5.75 Å². The number of aliphatic imine (C=N–C) groups is 1. The number of carbonyl (C=O) groups is 1. The fourth-order valence-electron chi connectivity index (χ4n) is 2.93. The van der Waals surface area contributed by atoms with Crippen molar-refractivity contribution in [3.05, 3.63) is 78.1 Å². The SMILES string of the molecule is COc1ccc(C(=O)Nc2cccc(C(C)N[C-]=CN=C3C=[N+](C)[CH-]3)c2)cc1C.[K+]. The van der Waals surface area contributed by atoms with Crippen LogP contribution in [0.3, 0.4) is 0 Å². The van der Waals surface area contributed by atoms with Crippen LogP contribution in [0.4, 0.5) is 5.69 Å². The van der Waals surface area contributed by atoms with E-state index in [1.807, 2.05) is 68.6 Å². The van der Waals surface area contributed by atoms with E-state index >= 15 is 0 Å². The van der Waals surface area contributed by atoms with Crippen molar-refractivity contribution in [3.8, 4) is 5.75 Å². The Labute approximate surface area is 220 Å². The molecule has 0 saturated carbocycles. The summed E-state index contributed by atoms with van der Waals surface area (Å²) in [6.07, 6.45) is 6.52. The Hall–Kier alpha value is -1.90. The number of hydrogen-bond donors (Lipinski definition) is 2. The molecule has 0 aliphatic carbocycles. The van der Waals surface area contributed by atoms with Crippen molar-refractivity contribution in [2.24, 2.45) is 4.99 Å². The van der Waals surface area contributed by atoms with Crippen molar-refractivity contribution < 1.29 is 65.5 Å². The largest absolute Gasteiger partial charge is 1.00 e. The molecule has 6 nitrogen and oxygen atoms in total.